The Labute approximate surface area is 498 Å². The van der Waals surface area contributed by atoms with Gasteiger partial charge >= 0.3 is 6.03 Å². The average Bonchev–Trinajstić information content (AvgIpc) is 2.57. The summed E-state index contributed by atoms with van der Waals surface area (Å²) in [6.07, 6.45) is 4.75. The molecule has 2 amide bonds. The summed E-state index contributed by atoms with van der Waals surface area (Å²) < 4.78 is 54.7. The number of carbonyl (C=O) groups excluding carboxylic acids is 1. The van der Waals surface area contributed by atoms with Crippen LogP contribution in [0.25, 0.3) is 0 Å². The minimum atomic E-state index is -0.214. The van der Waals surface area contributed by atoms with Gasteiger partial charge in [0.1, 0.15) is 61.8 Å². The number of amides is 2. The maximum atomic E-state index is 12.5. The summed E-state index contributed by atoms with van der Waals surface area (Å²) in [6, 6.07) is 23.5. The molecule has 0 saturated heterocycles. The number of fused-ring (bicyclic) bond motifs is 6. The molecule has 0 atom stereocenters. The van der Waals surface area contributed by atoms with Crippen molar-refractivity contribution in [2.75, 3.05) is 85.8 Å². The number of carbonyl (C=O) groups is 1. The molecule has 452 valence electrons. The van der Waals surface area contributed by atoms with Crippen LogP contribution in [0.15, 0.2) is 60.7 Å². The highest BCUT2D eigenvalue weighted by atomic mass is 16.6. The molecule has 11 nitrogen and oxygen atoms in total. The highest BCUT2D eigenvalue weighted by Crippen LogP contribution is 2.45. The van der Waals surface area contributed by atoms with E-state index in [1.54, 1.807) is 0 Å². The number of urea groups is 1. The molecule has 1 aliphatic carbocycles. The normalized spacial score (nSPS) is 15.6. The summed E-state index contributed by atoms with van der Waals surface area (Å²) in [5, 5.41) is 5.86. The quantitative estimate of drug-likeness (QED) is 0.102. The fourth-order valence-electron chi connectivity index (χ4n) is 11.2. The first kappa shape index (κ1) is 63.3. The van der Waals surface area contributed by atoms with Gasteiger partial charge in [0.25, 0.3) is 0 Å². The molecule has 0 unspecified atom stereocenters. The van der Waals surface area contributed by atoms with Crippen LogP contribution in [0, 0.1) is 0 Å². The summed E-state index contributed by atoms with van der Waals surface area (Å²) in [5.74, 6) is 4.27. The van der Waals surface area contributed by atoms with Crippen LogP contribution in [0.3, 0.4) is 0 Å². The Morgan fingerprint density at radius 2 is 0.663 bits per heavy atom. The lowest BCUT2D eigenvalue weighted by molar-refractivity contribution is 0.0746. The third-order valence-corrected chi connectivity index (χ3v) is 16.2. The summed E-state index contributed by atoms with van der Waals surface area (Å²) >= 11 is 0. The van der Waals surface area contributed by atoms with Gasteiger partial charge in [0, 0.05) is 45.2 Å². The Hall–Kier alpha value is -5.75. The topological polar surface area (TPSA) is 115 Å². The van der Waals surface area contributed by atoms with E-state index in [0.717, 1.165) is 97.2 Å². The van der Waals surface area contributed by atoms with E-state index in [4.69, 9.17) is 37.9 Å². The van der Waals surface area contributed by atoms with Crippen LogP contribution in [-0.2, 0) is 73.4 Å². The Bertz CT molecular complexity index is 2870. The number of benzene rings is 5. The van der Waals surface area contributed by atoms with Crippen LogP contribution in [-0.4, -0.2) is 91.8 Å². The zero-order valence-electron chi connectivity index (χ0n) is 53.6. The first-order valence-electron chi connectivity index (χ1n) is 30.9. The van der Waals surface area contributed by atoms with Gasteiger partial charge in [-0.1, -0.05) is 178 Å². The molecule has 5 aromatic rings. The standard InChI is InChI=1S/C72H100N2O9/c1-17-18-19-73-67(75)74-20-21-76-22-27-79-62-47-32-49-39-58(69(5,6)7)41-51-34-53-43-60(71(11,12)13)45-55-36-56-46-61(72(14,15)16)44-54(66(56)83-31-26-78-25-30-82-65(53)55)35-52-42-59(70(8,9)10)40-50(33-48(62)38-57(37-47)68(2,3)4)64(52)81-29-24-77-23-28-80-63(49)51/h37-46H,17-36H2,1-16H3,(H2,73,74,75). The molecule has 0 fully saturated rings. The molecule has 0 saturated carbocycles. The largest absolute Gasteiger partial charge is 0.491 e. The Morgan fingerprint density at radius 1 is 0.386 bits per heavy atom. The number of hydrogen-bond acceptors (Lipinski definition) is 9. The van der Waals surface area contributed by atoms with E-state index in [-0.39, 0.29) is 33.1 Å². The molecule has 3 heterocycles. The van der Waals surface area contributed by atoms with Crippen molar-refractivity contribution in [3.63, 3.8) is 0 Å². The lowest BCUT2D eigenvalue weighted by Gasteiger charge is -2.29. The van der Waals surface area contributed by atoms with Gasteiger partial charge in [0.2, 0.25) is 0 Å². The maximum absolute atomic E-state index is 12.5. The summed E-state index contributed by atoms with van der Waals surface area (Å²) in [7, 11) is 0. The van der Waals surface area contributed by atoms with E-state index < -0.39 is 0 Å². The van der Waals surface area contributed by atoms with Crippen molar-refractivity contribution in [1.82, 2.24) is 10.6 Å². The van der Waals surface area contributed by atoms with Gasteiger partial charge in [-0.2, -0.15) is 0 Å². The summed E-state index contributed by atoms with van der Waals surface area (Å²) in [4.78, 5) is 12.5. The van der Waals surface area contributed by atoms with Crippen LogP contribution in [0.4, 0.5) is 4.79 Å². The smallest absolute Gasteiger partial charge is 0.314 e. The second-order valence-corrected chi connectivity index (χ2v) is 28.4. The number of rotatable bonds is 10. The van der Waals surface area contributed by atoms with Crippen LogP contribution >= 0.6 is 0 Å². The molecule has 4 aliphatic rings. The van der Waals surface area contributed by atoms with Crippen molar-refractivity contribution < 1.29 is 42.7 Å². The van der Waals surface area contributed by atoms with Gasteiger partial charge in [-0.25, -0.2) is 4.79 Å². The molecule has 9 rings (SSSR count). The second kappa shape index (κ2) is 26.7. The van der Waals surface area contributed by atoms with Gasteiger partial charge in [0.05, 0.1) is 39.6 Å². The summed E-state index contributed by atoms with van der Waals surface area (Å²) in [6.45, 7) is 41.7. The molecule has 0 spiro atoms. The molecule has 0 radical (unpaired) electrons. The van der Waals surface area contributed by atoms with Crippen LogP contribution in [0.2, 0.25) is 0 Å². The Balaban J connectivity index is 1.45. The third-order valence-electron chi connectivity index (χ3n) is 16.2. The lowest BCUT2D eigenvalue weighted by Crippen LogP contribution is -2.37. The fraction of sp³-hybridized carbons (Fsp3) is 0.569. The molecule has 14 bridgehead atoms. The highest BCUT2D eigenvalue weighted by molar-refractivity contribution is 5.73. The van der Waals surface area contributed by atoms with E-state index in [9.17, 15) is 4.79 Å². The molecule has 3 aliphatic heterocycles. The van der Waals surface area contributed by atoms with E-state index in [2.05, 4.69) is 182 Å². The minimum absolute atomic E-state index is 0.179. The monoisotopic (exact) mass is 1140 g/mol. The van der Waals surface area contributed by atoms with Crippen LogP contribution in [0.1, 0.15) is 207 Å². The van der Waals surface area contributed by atoms with Gasteiger partial charge < -0.3 is 48.5 Å². The van der Waals surface area contributed by atoms with Crippen molar-refractivity contribution >= 4 is 6.03 Å². The molecule has 83 heavy (non-hydrogen) atoms. The maximum Gasteiger partial charge on any atom is 0.314 e. The van der Waals surface area contributed by atoms with Gasteiger partial charge in [-0.15, -0.1) is 0 Å². The number of unbranched alkanes of at least 4 members (excludes halogenated alkanes) is 1. The van der Waals surface area contributed by atoms with E-state index in [1.165, 1.54) is 27.8 Å². The fourth-order valence-corrected chi connectivity index (χ4v) is 11.2. The molecular weight excluding hydrogens is 1040 g/mol. The molecule has 0 aromatic heterocycles. The number of hydrogen-bond donors (Lipinski definition) is 2. The Morgan fingerprint density at radius 3 is 0.952 bits per heavy atom. The SMILES string of the molecule is CCCCNC(=O)NCCOCCOc1c2cc(C(C)(C)C)cc1Cc1cc(C(C)(C)C)cc3c1OCCOCCOc1c(cc(C(C)(C)C)cc1Cc1cc(C(C)(C)C)cc4c1OCCOCCOc1c(cc(C(C)(C)C)cc1C4)C3)C2. The number of nitrogens with one attached hydrogen (secondary N) is 2. The van der Waals surface area contributed by atoms with Crippen molar-refractivity contribution in [2.45, 2.75) is 183 Å². The van der Waals surface area contributed by atoms with Crippen molar-refractivity contribution in [1.29, 1.82) is 0 Å². The van der Waals surface area contributed by atoms with E-state index in [1.807, 2.05) is 0 Å². The van der Waals surface area contributed by atoms with E-state index in [0.29, 0.717) is 118 Å². The number of ether oxygens (including phenoxy) is 8. The summed E-state index contributed by atoms with van der Waals surface area (Å²) in [5.41, 5.74) is 16.0. The highest BCUT2D eigenvalue weighted by Gasteiger charge is 2.31. The van der Waals surface area contributed by atoms with Crippen LogP contribution < -0.4 is 34.3 Å². The predicted molar refractivity (Wildman–Crippen MR) is 336 cm³/mol. The molecular formula is C72H100N2O9. The third kappa shape index (κ3) is 16.6. The lowest BCUT2D eigenvalue weighted by atomic mass is 9.79. The van der Waals surface area contributed by atoms with Gasteiger partial charge in [-0.05, 0) is 117 Å². The average molecular weight is 1140 g/mol. The zero-order valence-corrected chi connectivity index (χ0v) is 53.6. The first-order valence-corrected chi connectivity index (χ1v) is 30.9. The zero-order chi connectivity index (χ0) is 59.9. The molecule has 5 aromatic carbocycles. The van der Waals surface area contributed by atoms with Gasteiger partial charge in [-0.3, -0.25) is 0 Å². The Kier molecular flexibility index (Phi) is 20.3. The second-order valence-electron chi connectivity index (χ2n) is 28.4. The van der Waals surface area contributed by atoms with Crippen molar-refractivity contribution in [3.05, 3.63) is 144 Å². The van der Waals surface area contributed by atoms with E-state index >= 15 is 0 Å². The van der Waals surface area contributed by atoms with Crippen molar-refractivity contribution in [2.24, 2.45) is 0 Å². The first-order chi connectivity index (χ1) is 39.2. The minimum Gasteiger partial charge on any atom is -0.491 e. The van der Waals surface area contributed by atoms with Crippen molar-refractivity contribution in [3.8, 4) is 28.7 Å². The predicted octanol–water partition coefficient (Wildman–Crippen LogP) is 14.5. The van der Waals surface area contributed by atoms with Gasteiger partial charge in [0.15, 0.2) is 0 Å². The van der Waals surface area contributed by atoms with Crippen LogP contribution in [0.5, 0.6) is 28.7 Å². The molecule has 11 heteroatoms. The molecule has 2 N–H and O–H groups in total.